The van der Waals surface area contributed by atoms with E-state index in [1.165, 1.54) is 0 Å². The molecule has 23 heavy (non-hydrogen) atoms. The molecule has 0 bridgehead atoms. The van der Waals surface area contributed by atoms with Crippen LogP contribution < -0.4 is 10.2 Å². The van der Waals surface area contributed by atoms with E-state index in [4.69, 9.17) is 16.3 Å². The Bertz CT molecular complexity index is 565. The summed E-state index contributed by atoms with van der Waals surface area (Å²) in [6.07, 6.45) is 3.36. The van der Waals surface area contributed by atoms with E-state index in [1.807, 2.05) is 4.90 Å². The summed E-state index contributed by atoms with van der Waals surface area (Å²) >= 11 is 5.78. The molecule has 1 N–H and O–H groups in total. The van der Waals surface area contributed by atoms with Crippen LogP contribution >= 0.6 is 11.6 Å². The molecule has 2 heterocycles. The number of rotatable bonds is 3. The van der Waals surface area contributed by atoms with Crippen molar-refractivity contribution in [3.05, 3.63) is 17.3 Å². The van der Waals surface area contributed by atoms with Gasteiger partial charge in [0.15, 0.2) is 11.6 Å². The zero-order chi connectivity index (χ0) is 17.0. The number of nitrogens with one attached hydrogen (secondary N) is 1. The molecule has 0 radical (unpaired) electrons. The molecule has 6 nitrogen and oxygen atoms in total. The van der Waals surface area contributed by atoms with Gasteiger partial charge >= 0.3 is 6.09 Å². The Morgan fingerprint density at radius 3 is 2.96 bits per heavy atom. The van der Waals surface area contributed by atoms with Gasteiger partial charge in [-0.25, -0.2) is 14.2 Å². The Hall–Kier alpha value is -1.63. The first kappa shape index (κ1) is 17.7. The van der Waals surface area contributed by atoms with Crippen molar-refractivity contribution in [3.8, 4) is 0 Å². The molecule has 1 amide bonds. The fourth-order valence-corrected chi connectivity index (χ4v) is 2.67. The van der Waals surface area contributed by atoms with Gasteiger partial charge in [0.05, 0.1) is 6.20 Å². The van der Waals surface area contributed by atoms with Gasteiger partial charge in [-0.1, -0.05) is 0 Å². The van der Waals surface area contributed by atoms with Crippen molar-refractivity contribution in [3.63, 3.8) is 0 Å². The van der Waals surface area contributed by atoms with E-state index in [1.54, 1.807) is 20.8 Å². The van der Waals surface area contributed by atoms with Crippen molar-refractivity contribution in [2.75, 3.05) is 18.0 Å². The second-order valence-electron chi connectivity index (χ2n) is 6.54. The van der Waals surface area contributed by atoms with E-state index < -0.39 is 17.5 Å². The number of nitrogens with zero attached hydrogens (tertiary/aromatic N) is 3. The van der Waals surface area contributed by atoms with Crippen molar-refractivity contribution >= 4 is 23.5 Å². The number of amides is 1. The number of hydrogen-bond donors (Lipinski definition) is 1. The summed E-state index contributed by atoms with van der Waals surface area (Å²) in [5.74, 6) is -0.334. The molecular weight excluding hydrogens is 323 g/mol. The average molecular weight is 345 g/mol. The molecule has 1 saturated heterocycles. The quantitative estimate of drug-likeness (QED) is 0.853. The van der Waals surface area contributed by atoms with Gasteiger partial charge in [-0.3, -0.25) is 0 Å². The molecule has 1 fully saturated rings. The highest BCUT2D eigenvalue weighted by Crippen LogP contribution is 2.25. The predicted molar refractivity (Wildman–Crippen MR) is 86.2 cm³/mol. The molecule has 0 saturated carbocycles. The van der Waals surface area contributed by atoms with E-state index in [0.29, 0.717) is 13.1 Å². The lowest BCUT2D eigenvalue weighted by Crippen LogP contribution is -2.48. The van der Waals surface area contributed by atoms with Crippen LogP contribution in [0.25, 0.3) is 0 Å². The Labute approximate surface area is 140 Å². The Morgan fingerprint density at radius 1 is 1.52 bits per heavy atom. The summed E-state index contributed by atoms with van der Waals surface area (Å²) < 4.78 is 19.2. The van der Waals surface area contributed by atoms with E-state index in [2.05, 4.69) is 15.3 Å². The van der Waals surface area contributed by atoms with Gasteiger partial charge in [0, 0.05) is 19.1 Å². The molecule has 1 aliphatic rings. The number of alkyl carbamates (subject to hydrolysis) is 1. The largest absolute Gasteiger partial charge is 0.444 e. The van der Waals surface area contributed by atoms with E-state index in [-0.39, 0.29) is 17.1 Å². The number of aromatic nitrogens is 2. The highest BCUT2D eigenvalue weighted by Gasteiger charge is 2.27. The van der Waals surface area contributed by atoms with Crippen molar-refractivity contribution in [1.29, 1.82) is 0 Å². The number of piperidine rings is 1. The first-order valence-electron chi connectivity index (χ1n) is 7.68. The Kier molecular flexibility index (Phi) is 5.62. The SMILES string of the molecule is CC(C)(C)OC(=O)NCC1CCCCN1c1nc(Cl)ncc1F. The van der Waals surface area contributed by atoms with E-state index in [9.17, 15) is 9.18 Å². The third kappa shape index (κ3) is 5.20. The van der Waals surface area contributed by atoms with Crippen LogP contribution in [0.15, 0.2) is 6.20 Å². The van der Waals surface area contributed by atoms with Gasteiger partial charge in [0.2, 0.25) is 5.28 Å². The number of anilines is 1. The van der Waals surface area contributed by atoms with Crippen LogP contribution in [0, 0.1) is 5.82 Å². The van der Waals surface area contributed by atoms with Crippen molar-refractivity contribution in [2.45, 2.75) is 51.7 Å². The minimum absolute atomic E-state index is 0.00539. The number of hydrogen-bond acceptors (Lipinski definition) is 5. The summed E-state index contributed by atoms with van der Waals surface area (Å²) in [5.41, 5.74) is -0.553. The normalized spacial score (nSPS) is 18.7. The molecule has 0 aromatic carbocycles. The summed E-state index contributed by atoms with van der Waals surface area (Å²) in [5, 5.41) is 2.75. The maximum atomic E-state index is 14.0. The van der Waals surface area contributed by atoms with Crippen molar-refractivity contribution in [1.82, 2.24) is 15.3 Å². The summed E-state index contributed by atoms with van der Waals surface area (Å²) in [7, 11) is 0. The summed E-state index contributed by atoms with van der Waals surface area (Å²) in [6, 6.07) is -0.0586. The van der Waals surface area contributed by atoms with Crippen LogP contribution in [-0.4, -0.2) is 40.8 Å². The molecular formula is C15H22ClFN4O2. The minimum Gasteiger partial charge on any atom is -0.444 e. The van der Waals surface area contributed by atoms with Crippen LogP contribution in [0.3, 0.4) is 0 Å². The van der Waals surface area contributed by atoms with Gasteiger partial charge in [-0.2, -0.15) is 4.98 Å². The second-order valence-corrected chi connectivity index (χ2v) is 6.87. The van der Waals surface area contributed by atoms with E-state index >= 15 is 0 Å². The number of carbonyl (C=O) groups excluding carboxylic acids is 1. The number of ether oxygens (including phenoxy) is 1. The van der Waals surface area contributed by atoms with Crippen molar-refractivity contribution < 1.29 is 13.9 Å². The standard InChI is InChI=1S/C15H22ClFN4O2/c1-15(2,3)23-14(22)19-8-10-6-4-5-7-21(10)12-11(17)9-18-13(16)20-12/h9-10H,4-8H2,1-3H3,(H,19,22). The Morgan fingerprint density at radius 2 is 2.26 bits per heavy atom. The topological polar surface area (TPSA) is 67.3 Å². The number of carbonyl (C=O) groups is 1. The minimum atomic E-state index is -0.553. The molecule has 2 rings (SSSR count). The monoisotopic (exact) mass is 344 g/mol. The second kappa shape index (κ2) is 7.29. The lowest BCUT2D eigenvalue weighted by atomic mass is 10.0. The van der Waals surface area contributed by atoms with E-state index in [0.717, 1.165) is 25.5 Å². The molecule has 1 aromatic heterocycles. The predicted octanol–water partition coefficient (Wildman–Crippen LogP) is 3.15. The van der Waals surface area contributed by atoms with Crippen LogP contribution in [0.5, 0.6) is 0 Å². The van der Waals surface area contributed by atoms with Crippen LogP contribution in [0.2, 0.25) is 5.28 Å². The van der Waals surface area contributed by atoms with Gasteiger partial charge in [0.25, 0.3) is 0 Å². The molecule has 1 aliphatic heterocycles. The summed E-state index contributed by atoms with van der Waals surface area (Å²) in [4.78, 5) is 21.3. The molecule has 8 heteroatoms. The third-order valence-electron chi connectivity index (χ3n) is 3.48. The fraction of sp³-hybridized carbons (Fsp3) is 0.667. The molecule has 128 valence electrons. The highest BCUT2D eigenvalue weighted by atomic mass is 35.5. The average Bonchev–Trinajstić information content (AvgIpc) is 2.46. The van der Waals surface area contributed by atoms with Crippen LogP contribution in [-0.2, 0) is 4.74 Å². The zero-order valence-corrected chi connectivity index (χ0v) is 14.4. The van der Waals surface area contributed by atoms with Gasteiger partial charge in [0.1, 0.15) is 5.60 Å². The van der Waals surface area contributed by atoms with Crippen LogP contribution in [0.4, 0.5) is 15.0 Å². The summed E-state index contributed by atoms with van der Waals surface area (Å²) in [6.45, 7) is 6.42. The lowest BCUT2D eigenvalue weighted by Gasteiger charge is -2.36. The smallest absolute Gasteiger partial charge is 0.407 e. The molecule has 0 aliphatic carbocycles. The Balaban J connectivity index is 2.04. The third-order valence-corrected chi connectivity index (χ3v) is 3.66. The maximum Gasteiger partial charge on any atom is 0.407 e. The fourth-order valence-electron chi connectivity index (χ4n) is 2.55. The molecule has 0 spiro atoms. The van der Waals surface area contributed by atoms with Crippen molar-refractivity contribution in [2.24, 2.45) is 0 Å². The zero-order valence-electron chi connectivity index (χ0n) is 13.6. The first-order valence-corrected chi connectivity index (χ1v) is 8.05. The number of halogens is 2. The van der Waals surface area contributed by atoms with Gasteiger partial charge in [-0.15, -0.1) is 0 Å². The highest BCUT2D eigenvalue weighted by molar-refractivity contribution is 6.28. The first-order chi connectivity index (χ1) is 10.8. The van der Waals surface area contributed by atoms with Crippen LogP contribution in [0.1, 0.15) is 40.0 Å². The van der Waals surface area contributed by atoms with Gasteiger partial charge < -0.3 is 15.0 Å². The maximum absolute atomic E-state index is 14.0. The lowest BCUT2D eigenvalue weighted by molar-refractivity contribution is 0.0523. The molecule has 1 atom stereocenters. The van der Waals surface area contributed by atoms with Gasteiger partial charge in [-0.05, 0) is 51.6 Å². The molecule has 1 aromatic rings. The molecule has 1 unspecified atom stereocenters.